The summed E-state index contributed by atoms with van der Waals surface area (Å²) in [7, 11) is 0. The van der Waals surface area contributed by atoms with Crippen molar-refractivity contribution in [3.8, 4) is 0 Å². The van der Waals surface area contributed by atoms with Crippen LogP contribution >= 0.6 is 0 Å². The third kappa shape index (κ3) is 3.41. The maximum absolute atomic E-state index is 12.6. The van der Waals surface area contributed by atoms with Crippen molar-refractivity contribution < 1.29 is 9.21 Å². The number of nitrogens with one attached hydrogen (secondary N) is 1. The van der Waals surface area contributed by atoms with Crippen LogP contribution in [0.15, 0.2) is 64.1 Å². The van der Waals surface area contributed by atoms with Crippen LogP contribution in [0.3, 0.4) is 0 Å². The first-order chi connectivity index (χ1) is 13.5. The number of nitrogens with zero attached hydrogens (tertiary/aromatic N) is 2. The molecule has 6 nitrogen and oxygen atoms in total. The number of aromatic nitrogens is 2. The van der Waals surface area contributed by atoms with Gasteiger partial charge in [0.2, 0.25) is 5.91 Å². The highest BCUT2D eigenvalue weighted by atomic mass is 16.3. The molecule has 6 heteroatoms. The van der Waals surface area contributed by atoms with Crippen LogP contribution in [0, 0.1) is 6.92 Å². The summed E-state index contributed by atoms with van der Waals surface area (Å²) >= 11 is 0. The van der Waals surface area contributed by atoms with Crippen LogP contribution in [0.4, 0.5) is 0 Å². The number of aryl methyl sites for hydroxylation is 2. The molecule has 0 saturated heterocycles. The van der Waals surface area contributed by atoms with E-state index in [0.29, 0.717) is 16.7 Å². The summed E-state index contributed by atoms with van der Waals surface area (Å²) in [5, 5.41) is 4.50. The minimum atomic E-state index is -0.256. The second-order valence-electron chi connectivity index (χ2n) is 6.94. The van der Waals surface area contributed by atoms with Crippen LogP contribution in [0.25, 0.3) is 21.9 Å². The quantitative estimate of drug-likeness (QED) is 0.577. The van der Waals surface area contributed by atoms with E-state index in [-0.39, 0.29) is 30.5 Å². The summed E-state index contributed by atoms with van der Waals surface area (Å²) in [6.45, 7) is 4.07. The number of hydrogen-bond donors (Lipinski definition) is 1. The smallest absolute Gasteiger partial charge is 0.261 e. The fourth-order valence-corrected chi connectivity index (χ4v) is 3.32. The molecule has 0 saturated carbocycles. The second-order valence-corrected chi connectivity index (χ2v) is 6.94. The Morgan fingerprint density at radius 1 is 1.21 bits per heavy atom. The molecular weight excluding hydrogens is 354 g/mol. The number of rotatable bonds is 5. The molecule has 1 atom stereocenters. The van der Waals surface area contributed by atoms with Gasteiger partial charge in [-0.2, -0.15) is 0 Å². The van der Waals surface area contributed by atoms with Crippen LogP contribution in [0.2, 0.25) is 0 Å². The normalized spacial score (nSPS) is 12.4. The van der Waals surface area contributed by atoms with E-state index in [2.05, 4.69) is 10.3 Å². The summed E-state index contributed by atoms with van der Waals surface area (Å²) in [6.07, 6.45) is 1.69. The number of amides is 1. The average Bonchev–Trinajstić information content (AvgIpc) is 3.12. The molecule has 0 fully saturated rings. The Balaban J connectivity index is 1.43. The van der Waals surface area contributed by atoms with E-state index < -0.39 is 0 Å². The number of hydrogen-bond acceptors (Lipinski definition) is 4. The van der Waals surface area contributed by atoms with Gasteiger partial charge in [-0.1, -0.05) is 30.3 Å². The van der Waals surface area contributed by atoms with E-state index in [1.165, 1.54) is 10.9 Å². The predicted octanol–water partition coefficient (Wildman–Crippen LogP) is 3.72. The van der Waals surface area contributed by atoms with Crippen molar-refractivity contribution in [1.82, 2.24) is 14.9 Å². The maximum atomic E-state index is 12.6. The molecular formula is C22H21N3O3. The first-order valence-electron chi connectivity index (χ1n) is 9.25. The predicted molar refractivity (Wildman–Crippen MR) is 108 cm³/mol. The highest BCUT2D eigenvalue weighted by Crippen LogP contribution is 2.23. The van der Waals surface area contributed by atoms with E-state index in [0.717, 1.165) is 16.5 Å². The Hall–Kier alpha value is -3.41. The lowest BCUT2D eigenvalue weighted by Gasteiger charge is -2.12. The zero-order valence-corrected chi connectivity index (χ0v) is 15.8. The van der Waals surface area contributed by atoms with E-state index in [9.17, 15) is 9.59 Å². The molecule has 142 valence electrons. The molecule has 1 amide bonds. The van der Waals surface area contributed by atoms with Gasteiger partial charge in [0, 0.05) is 18.4 Å². The van der Waals surface area contributed by atoms with Crippen LogP contribution in [0.5, 0.6) is 0 Å². The third-order valence-electron chi connectivity index (χ3n) is 4.88. The van der Waals surface area contributed by atoms with Crippen LogP contribution < -0.4 is 10.9 Å². The van der Waals surface area contributed by atoms with Gasteiger partial charge in [-0.25, -0.2) is 4.98 Å². The van der Waals surface area contributed by atoms with E-state index in [1.807, 2.05) is 56.3 Å². The molecule has 0 aliphatic rings. The first-order valence-corrected chi connectivity index (χ1v) is 9.25. The maximum Gasteiger partial charge on any atom is 0.261 e. The molecule has 1 N–H and O–H groups in total. The van der Waals surface area contributed by atoms with Crippen molar-refractivity contribution in [2.75, 3.05) is 0 Å². The van der Waals surface area contributed by atoms with Crippen LogP contribution in [-0.4, -0.2) is 15.5 Å². The van der Waals surface area contributed by atoms with Gasteiger partial charge < -0.3 is 9.73 Å². The van der Waals surface area contributed by atoms with Gasteiger partial charge in [0.25, 0.3) is 5.56 Å². The molecule has 2 heterocycles. The lowest BCUT2D eigenvalue weighted by molar-refractivity contribution is -0.122. The highest BCUT2D eigenvalue weighted by molar-refractivity contribution is 5.81. The Bertz CT molecular complexity index is 1190. The summed E-state index contributed by atoms with van der Waals surface area (Å²) in [6, 6.07) is 14.9. The van der Waals surface area contributed by atoms with Crippen molar-refractivity contribution in [2.24, 2.45) is 0 Å². The molecule has 0 radical (unpaired) electrons. The number of fused-ring (bicyclic) bond motifs is 2. The zero-order valence-electron chi connectivity index (χ0n) is 15.8. The lowest BCUT2D eigenvalue weighted by Crippen LogP contribution is -2.29. The van der Waals surface area contributed by atoms with Crippen LogP contribution in [0.1, 0.15) is 30.7 Å². The fourth-order valence-electron chi connectivity index (χ4n) is 3.32. The molecule has 1 unspecified atom stereocenters. The van der Waals surface area contributed by atoms with Gasteiger partial charge in [0.15, 0.2) is 0 Å². The number of benzene rings is 2. The molecule has 0 bridgehead atoms. The molecule has 28 heavy (non-hydrogen) atoms. The van der Waals surface area contributed by atoms with Gasteiger partial charge in [0.1, 0.15) is 11.3 Å². The van der Waals surface area contributed by atoms with Crippen molar-refractivity contribution in [2.45, 2.75) is 32.9 Å². The zero-order chi connectivity index (χ0) is 19.7. The summed E-state index contributed by atoms with van der Waals surface area (Å²) in [4.78, 5) is 29.3. The van der Waals surface area contributed by atoms with Gasteiger partial charge >= 0.3 is 0 Å². The Morgan fingerprint density at radius 2 is 2.04 bits per heavy atom. The van der Waals surface area contributed by atoms with Gasteiger partial charge in [-0.05, 0) is 37.6 Å². The van der Waals surface area contributed by atoms with E-state index in [1.54, 1.807) is 6.07 Å². The monoisotopic (exact) mass is 375 g/mol. The van der Waals surface area contributed by atoms with E-state index in [4.69, 9.17) is 4.42 Å². The Labute approximate surface area is 161 Å². The second kappa shape index (κ2) is 7.31. The third-order valence-corrected chi connectivity index (χ3v) is 4.88. The molecule has 4 aromatic rings. The van der Waals surface area contributed by atoms with Gasteiger partial charge in [-0.3, -0.25) is 14.2 Å². The number of furan rings is 1. The molecule has 2 aromatic heterocycles. The molecule has 0 aliphatic carbocycles. The standard InChI is InChI=1S/C22H21N3O3/c1-14-6-5-8-17-21(14)23-13-25(22(17)27)11-10-20(26)24-15(2)19-12-16-7-3-4-9-18(16)28-19/h3-9,12-13,15H,10-11H2,1-2H3,(H,24,26). The number of carbonyl (C=O) groups excluding carboxylic acids is 1. The summed E-state index contributed by atoms with van der Waals surface area (Å²) in [5.74, 6) is 0.554. The number of para-hydroxylation sites is 2. The van der Waals surface area contributed by atoms with Gasteiger partial charge in [-0.15, -0.1) is 0 Å². The Morgan fingerprint density at radius 3 is 2.86 bits per heavy atom. The Kier molecular flexibility index (Phi) is 4.69. The largest absolute Gasteiger partial charge is 0.459 e. The summed E-state index contributed by atoms with van der Waals surface area (Å²) in [5.41, 5.74) is 2.32. The minimum absolute atomic E-state index is 0.133. The van der Waals surface area contributed by atoms with Crippen molar-refractivity contribution in [1.29, 1.82) is 0 Å². The number of carbonyl (C=O) groups is 1. The summed E-state index contributed by atoms with van der Waals surface area (Å²) < 4.78 is 7.27. The molecule has 2 aromatic carbocycles. The van der Waals surface area contributed by atoms with Crippen molar-refractivity contribution >= 4 is 27.8 Å². The molecule has 0 aliphatic heterocycles. The van der Waals surface area contributed by atoms with Gasteiger partial charge in [0.05, 0.1) is 23.3 Å². The minimum Gasteiger partial charge on any atom is -0.459 e. The first kappa shape index (κ1) is 18.0. The SMILES string of the molecule is Cc1cccc2c(=O)n(CCC(=O)NC(C)c3cc4ccccc4o3)cnc12. The average molecular weight is 375 g/mol. The fraction of sp³-hybridized carbons (Fsp3) is 0.227. The molecule has 0 spiro atoms. The van der Waals surface area contributed by atoms with Crippen molar-refractivity contribution in [3.63, 3.8) is 0 Å². The van der Waals surface area contributed by atoms with Crippen LogP contribution in [-0.2, 0) is 11.3 Å². The molecule has 4 rings (SSSR count). The topological polar surface area (TPSA) is 77.1 Å². The van der Waals surface area contributed by atoms with E-state index >= 15 is 0 Å². The highest BCUT2D eigenvalue weighted by Gasteiger charge is 2.14. The lowest BCUT2D eigenvalue weighted by atomic mass is 10.1. The van der Waals surface area contributed by atoms with Crippen molar-refractivity contribution in [3.05, 3.63) is 76.5 Å².